The molecule has 5 nitrogen and oxygen atoms in total. The summed E-state index contributed by atoms with van der Waals surface area (Å²) in [6.45, 7) is 2.49. The zero-order chi connectivity index (χ0) is 19.1. The number of halogens is 2. The summed E-state index contributed by atoms with van der Waals surface area (Å²) in [6.07, 6.45) is 3.92. The van der Waals surface area contributed by atoms with E-state index in [0.717, 1.165) is 31.5 Å². The average Bonchev–Trinajstić information content (AvgIpc) is 2.80. The molecule has 2 aromatic heterocycles. The van der Waals surface area contributed by atoms with Crippen LogP contribution in [0.5, 0.6) is 0 Å². The highest BCUT2D eigenvalue weighted by Crippen LogP contribution is 2.30. The van der Waals surface area contributed by atoms with E-state index in [1.807, 2.05) is 0 Å². The third-order valence-electron chi connectivity index (χ3n) is 4.80. The van der Waals surface area contributed by atoms with Crippen LogP contribution >= 0.6 is 34.5 Å². The molecular formula is C19H17Cl2N3O2S. The first-order valence-electron chi connectivity index (χ1n) is 8.75. The van der Waals surface area contributed by atoms with Crippen LogP contribution in [0.3, 0.4) is 0 Å². The Hall–Kier alpha value is -1.89. The van der Waals surface area contributed by atoms with Crippen LogP contribution in [-0.4, -0.2) is 15.5 Å². The number of rotatable bonds is 2. The molecule has 27 heavy (non-hydrogen) atoms. The summed E-state index contributed by atoms with van der Waals surface area (Å²) >= 11 is 13.2. The predicted octanol–water partition coefficient (Wildman–Crippen LogP) is 5.05. The second-order valence-electron chi connectivity index (χ2n) is 6.61. The van der Waals surface area contributed by atoms with Gasteiger partial charge >= 0.3 is 0 Å². The molecule has 1 N–H and O–H groups in total. The molecule has 8 heteroatoms. The molecule has 0 aliphatic carbocycles. The van der Waals surface area contributed by atoms with E-state index in [2.05, 4.69) is 5.32 Å². The lowest BCUT2D eigenvalue weighted by atomic mass is 10.2. The summed E-state index contributed by atoms with van der Waals surface area (Å²) in [4.78, 5) is 31.6. The number of thiophene rings is 1. The second-order valence-corrected chi connectivity index (χ2v) is 8.43. The van der Waals surface area contributed by atoms with Crippen LogP contribution in [0, 0.1) is 6.92 Å². The maximum Gasteiger partial charge on any atom is 0.266 e. The number of hydrogen-bond acceptors (Lipinski definition) is 4. The number of hydrogen-bond donors (Lipinski definition) is 1. The Morgan fingerprint density at radius 3 is 2.81 bits per heavy atom. The van der Waals surface area contributed by atoms with Crippen molar-refractivity contribution in [2.45, 2.75) is 39.2 Å². The first-order chi connectivity index (χ1) is 13.0. The number of nitrogens with one attached hydrogen (secondary N) is 1. The van der Waals surface area contributed by atoms with Gasteiger partial charge in [-0.1, -0.05) is 29.6 Å². The fourth-order valence-corrected chi connectivity index (χ4v) is 4.77. The van der Waals surface area contributed by atoms with Crippen LogP contribution in [-0.2, 0) is 13.0 Å². The average molecular weight is 422 g/mol. The first kappa shape index (κ1) is 18.5. The first-order valence-corrected chi connectivity index (χ1v) is 10.3. The third-order valence-corrected chi connectivity index (χ3v) is 6.72. The summed E-state index contributed by atoms with van der Waals surface area (Å²) < 4.78 is 1.77. The summed E-state index contributed by atoms with van der Waals surface area (Å²) in [5.74, 6) is 0.538. The minimum atomic E-state index is -0.284. The smallest absolute Gasteiger partial charge is 0.266 e. The van der Waals surface area contributed by atoms with Gasteiger partial charge in [-0.25, -0.2) is 4.98 Å². The molecule has 1 aliphatic heterocycles. The number of anilines is 1. The molecule has 0 fully saturated rings. The summed E-state index contributed by atoms with van der Waals surface area (Å²) in [5.41, 5.74) is 1.18. The van der Waals surface area contributed by atoms with E-state index in [4.69, 9.17) is 28.2 Å². The van der Waals surface area contributed by atoms with Crippen molar-refractivity contribution in [3.8, 4) is 0 Å². The van der Waals surface area contributed by atoms with Gasteiger partial charge in [0.05, 0.1) is 20.3 Å². The molecule has 0 atom stereocenters. The Bertz CT molecular complexity index is 1120. The monoisotopic (exact) mass is 421 g/mol. The van der Waals surface area contributed by atoms with E-state index < -0.39 is 0 Å². The lowest BCUT2D eigenvalue weighted by Gasteiger charge is -2.08. The van der Waals surface area contributed by atoms with Crippen molar-refractivity contribution in [1.29, 1.82) is 0 Å². The third kappa shape index (κ3) is 3.37. The fourth-order valence-electron chi connectivity index (χ4n) is 3.39. The molecule has 0 bridgehead atoms. The Labute approximate surface area is 169 Å². The summed E-state index contributed by atoms with van der Waals surface area (Å²) in [7, 11) is 0. The van der Waals surface area contributed by atoms with Crippen molar-refractivity contribution in [2.75, 3.05) is 5.32 Å². The van der Waals surface area contributed by atoms with E-state index >= 15 is 0 Å². The second kappa shape index (κ2) is 7.26. The van der Waals surface area contributed by atoms with Gasteiger partial charge in [-0.15, -0.1) is 11.3 Å². The van der Waals surface area contributed by atoms with Gasteiger partial charge in [0, 0.05) is 18.7 Å². The highest BCUT2D eigenvalue weighted by atomic mass is 35.5. The van der Waals surface area contributed by atoms with Crippen molar-refractivity contribution >= 4 is 56.3 Å². The van der Waals surface area contributed by atoms with Crippen LogP contribution in [0.4, 0.5) is 5.69 Å². The molecule has 1 aliphatic rings. The number of nitrogens with zero attached hydrogens (tertiary/aromatic N) is 2. The number of carbonyl (C=O) groups is 1. The normalized spacial score (nSPS) is 14.0. The Morgan fingerprint density at radius 2 is 2.04 bits per heavy atom. The number of benzene rings is 1. The van der Waals surface area contributed by atoms with Crippen molar-refractivity contribution in [3.63, 3.8) is 0 Å². The quantitative estimate of drug-likeness (QED) is 0.629. The largest absolute Gasteiger partial charge is 0.321 e. The van der Waals surface area contributed by atoms with Gasteiger partial charge in [-0.2, -0.15) is 0 Å². The van der Waals surface area contributed by atoms with Crippen LogP contribution in [0.15, 0.2) is 23.0 Å². The van der Waals surface area contributed by atoms with Crippen molar-refractivity contribution in [1.82, 2.24) is 9.55 Å². The minimum Gasteiger partial charge on any atom is -0.321 e. The molecule has 140 valence electrons. The van der Waals surface area contributed by atoms with Gasteiger partial charge in [0.15, 0.2) is 0 Å². The molecule has 1 aromatic carbocycles. The standard InChI is InChI=1S/C19H17Cl2N3O2S/c1-10-15-18(23-14-5-3-2-4-8-24(14)19(15)26)27-16(10)17(25)22-11-6-7-12(20)13(21)9-11/h6-7,9H,2-5,8H2,1H3,(H,22,25). The number of amides is 1. The SMILES string of the molecule is Cc1c(C(=O)Nc2ccc(Cl)c(Cl)c2)sc2nc3n(c(=O)c12)CCCCC3. The van der Waals surface area contributed by atoms with Crippen molar-refractivity contribution in [3.05, 3.63) is 54.9 Å². The zero-order valence-corrected chi connectivity index (χ0v) is 17.0. The molecule has 1 amide bonds. The molecule has 0 spiro atoms. The van der Waals surface area contributed by atoms with Gasteiger partial charge in [0.2, 0.25) is 0 Å². The summed E-state index contributed by atoms with van der Waals surface area (Å²) in [6, 6.07) is 4.91. The molecular weight excluding hydrogens is 405 g/mol. The Kier molecular flexibility index (Phi) is 4.97. The van der Waals surface area contributed by atoms with Gasteiger partial charge in [0.1, 0.15) is 10.7 Å². The predicted molar refractivity (Wildman–Crippen MR) is 111 cm³/mol. The molecule has 0 radical (unpaired) electrons. The van der Waals surface area contributed by atoms with E-state index in [9.17, 15) is 9.59 Å². The van der Waals surface area contributed by atoms with E-state index in [1.54, 1.807) is 29.7 Å². The number of carbonyl (C=O) groups excluding carboxylic acids is 1. The Morgan fingerprint density at radius 1 is 1.22 bits per heavy atom. The lowest BCUT2D eigenvalue weighted by Crippen LogP contribution is -2.24. The molecule has 0 unspecified atom stereocenters. The number of fused-ring (bicyclic) bond motifs is 2. The number of aryl methyl sites for hydroxylation is 2. The van der Waals surface area contributed by atoms with Crippen molar-refractivity contribution in [2.24, 2.45) is 0 Å². The van der Waals surface area contributed by atoms with Gasteiger partial charge in [-0.05, 0) is 43.5 Å². The lowest BCUT2D eigenvalue weighted by molar-refractivity contribution is 0.103. The number of aromatic nitrogens is 2. The molecule has 4 rings (SSSR count). The fraction of sp³-hybridized carbons (Fsp3) is 0.316. The van der Waals surface area contributed by atoms with Crippen LogP contribution < -0.4 is 10.9 Å². The maximum absolute atomic E-state index is 13.0. The topological polar surface area (TPSA) is 64.0 Å². The highest BCUT2D eigenvalue weighted by Gasteiger charge is 2.22. The van der Waals surface area contributed by atoms with Gasteiger partial charge in [0.25, 0.3) is 11.5 Å². The molecule has 3 heterocycles. The molecule has 3 aromatic rings. The van der Waals surface area contributed by atoms with Crippen LogP contribution in [0.25, 0.3) is 10.2 Å². The molecule has 0 saturated heterocycles. The minimum absolute atomic E-state index is 0.0424. The zero-order valence-electron chi connectivity index (χ0n) is 14.6. The van der Waals surface area contributed by atoms with Crippen LogP contribution in [0.2, 0.25) is 10.0 Å². The van der Waals surface area contributed by atoms with E-state index in [0.29, 0.717) is 42.9 Å². The Balaban J connectivity index is 1.75. The van der Waals surface area contributed by atoms with Crippen LogP contribution in [0.1, 0.15) is 40.3 Å². The van der Waals surface area contributed by atoms with E-state index in [1.165, 1.54) is 11.3 Å². The summed E-state index contributed by atoms with van der Waals surface area (Å²) in [5, 5.41) is 4.15. The van der Waals surface area contributed by atoms with Gasteiger partial charge in [-0.3, -0.25) is 14.2 Å². The van der Waals surface area contributed by atoms with Crippen molar-refractivity contribution < 1.29 is 4.79 Å². The van der Waals surface area contributed by atoms with E-state index in [-0.39, 0.29) is 11.5 Å². The van der Waals surface area contributed by atoms with Gasteiger partial charge < -0.3 is 5.32 Å². The highest BCUT2D eigenvalue weighted by molar-refractivity contribution is 7.20. The maximum atomic E-state index is 13.0. The molecule has 0 saturated carbocycles.